The number of ether oxygens (including phenoxy) is 1. The fraction of sp³-hybridized carbons (Fsp3) is 0.632. The third-order valence-corrected chi connectivity index (χ3v) is 5.03. The Kier molecular flexibility index (Phi) is 7.86. The van der Waals surface area contributed by atoms with Crippen LogP contribution in [-0.4, -0.2) is 25.1 Å². The van der Waals surface area contributed by atoms with Crippen LogP contribution in [0.2, 0.25) is 0 Å². The minimum atomic E-state index is 0. The fourth-order valence-corrected chi connectivity index (χ4v) is 3.22. The third-order valence-electron chi connectivity index (χ3n) is 5.03. The van der Waals surface area contributed by atoms with Crippen LogP contribution in [0.15, 0.2) is 24.3 Å². The molecule has 24 heavy (non-hydrogen) atoms. The number of halogens is 1. The molecule has 5 heteroatoms. The van der Waals surface area contributed by atoms with Crippen LogP contribution in [0.25, 0.3) is 0 Å². The standard InChI is InChI=1S/C19H28N2O2.ClH/c22-19(9-8-15-10-12-20-13-11-15)21-14-16-4-1-2-7-18(16)23-17-5-3-6-17;/h1-2,4,7,15,17,20H,3,5-6,8-14H2,(H,21,22);1H. The molecular weight excluding hydrogens is 324 g/mol. The highest BCUT2D eigenvalue weighted by atomic mass is 35.5. The molecule has 3 rings (SSSR count). The lowest BCUT2D eigenvalue weighted by molar-refractivity contribution is -0.121. The summed E-state index contributed by atoms with van der Waals surface area (Å²) in [7, 11) is 0. The minimum Gasteiger partial charge on any atom is -0.490 e. The van der Waals surface area contributed by atoms with Crippen LogP contribution in [0.3, 0.4) is 0 Å². The van der Waals surface area contributed by atoms with E-state index in [-0.39, 0.29) is 18.3 Å². The SMILES string of the molecule is Cl.O=C(CCC1CCNCC1)NCc1ccccc1OC1CCC1. The summed E-state index contributed by atoms with van der Waals surface area (Å²) >= 11 is 0. The van der Waals surface area contributed by atoms with Gasteiger partial charge in [0.1, 0.15) is 5.75 Å². The molecule has 1 aliphatic carbocycles. The Morgan fingerprint density at radius 3 is 2.62 bits per heavy atom. The van der Waals surface area contributed by atoms with Gasteiger partial charge in [0.05, 0.1) is 6.10 Å². The predicted octanol–water partition coefficient (Wildman–Crippen LogP) is 3.44. The Labute approximate surface area is 151 Å². The summed E-state index contributed by atoms with van der Waals surface area (Å²) in [6.07, 6.45) is 7.97. The van der Waals surface area contributed by atoms with Crippen molar-refractivity contribution in [3.8, 4) is 5.75 Å². The second kappa shape index (κ2) is 9.90. The zero-order valence-electron chi connectivity index (χ0n) is 14.3. The Morgan fingerprint density at radius 2 is 1.92 bits per heavy atom. The molecule has 2 fully saturated rings. The third kappa shape index (κ3) is 5.67. The molecule has 1 heterocycles. The van der Waals surface area contributed by atoms with E-state index >= 15 is 0 Å². The molecule has 1 saturated heterocycles. The highest BCUT2D eigenvalue weighted by Crippen LogP contribution is 2.27. The maximum atomic E-state index is 12.1. The zero-order chi connectivity index (χ0) is 15.9. The Bertz CT molecular complexity index is 514. The maximum Gasteiger partial charge on any atom is 0.220 e. The second-order valence-corrected chi connectivity index (χ2v) is 6.79. The number of benzene rings is 1. The summed E-state index contributed by atoms with van der Waals surface area (Å²) in [6, 6.07) is 8.05. The molecule has 1 aromatic carbocycles. The summed E-state index contributed by atoms with van der Waals surface area (Å²) < 4.78 is 6.01. The molecule has 2 N–H and O–H groups in total. The van der Waals surface area contributed by atoms with Crippen molar-refractivity contribution in [1.29, 1.82) is 0 Å². The van der Waals surface area contributed by atoms with E-state index in [9.17, 15) is 4.79 Å². The molecule has 0 atom stereocenters. The summed E-state index contributed by atoms with van der Waals surface area (Å²) in [5.74, 6) is 1.79. The van der Waals surface area contributed by atoms with Gasteiger partial charge >= 0.3 is 0 Å². The van der Waals surface area contributed by atoms with Crippen molar-refractivity contribution >= 4 is 18.3 Å². The van der Waals surface area contributed by atoms with Gasteiger partial charge in [-0.15, -0.1) is 12.4 Å². The van der Waals surface area contributed by atoms with E-state index in [0.717, 1.165) is 43.7 Å². The molecule has 134 valence electrons. The summed E-state index contributed by atoms with van der Waals surface area (Å²) in [5.41, 5.74) is 1.08. The molecule has 0 unspecified atom stereocenters. The lowest BCUT2D eigenvalue weighted by atomic mass is 9.93. The number of carbonyl (C=O) groups is 1. The van der Waals surface area contributed by atoms with E-state index in [4.69, 9.17) is 4.74 Å². The monoisotopic (exact) mass is 352 g/mol. The van der Waals surface area contributed by atoms with Gasteiger partial charge in [0.25, 0.3) is 0 Å². The molecule has 1 saturated carbocycles. The fourth-order valence-electron chi connectivity index (χ4n) is 3.22. The zero-order valence-corrected chi connectivity index (χ0v) is 15.1. The smallest absolute Gasteiger partial charge is 0.220 e. The van der Waals surface area contributed by atoms with Crippen molar-refractivity contribution in [2.24, 2.45) is 5.92 Å². The molecule has 1 aromatic rings. The Morgan fingerprint density at radius 1 is 1.17 bits per heavy atom. The van der Waals surface area contributed by atoms with Crippen molar-refractivity contribution < 1.29 is 9.53 Å². The number of hydrogen-bond donors (Lipinski definition) is 2. The average Bonchev–Trinajstić information content (AvgIpc) is 2.56. The van der Waals surface area contributed by atoms with Crippen molar-refractivity contribution in [3.63, 3.8) is 0 Å². The number of para-hydroxylation sites is 1. The van der Waals surface area contributed by atoms with E-state index in [1.807, 2.05) is 24.3 Å². The molecule has 0 aromatic heterocycles. The first-order chi connectivity index (χ1) is 11.3. The molecule has 1 aliphatic heterocycles. The second-order valence-electron chi connectivity index (χ2n) is 6.79. The van der Waals surface area contributed by atoms with Crippen LogP contribution in [-0.2, 0) is 11.3 Å². The lowest BCUT2D eigenvalue weighted by Crippen LogP contribution is -2.29. The highest BCUT2D eigenvalue weighted by molar-refractivity contribution is 5.85. The van der Waals surface area contributed by atoms with Crippen LogP contribution in [0.1, 0.15) is 50.5 Å². The van der Waals surface area contributed by atoms with Gasteiger partial charge in [-0.1, -0.05) is 18.2 Å². The van der Waals surface area contributed by atoms with Crippen LogP contribution in [0, 0.1) is 5.92 Å². The summed E-state index contributed by atoms with van der Waals surface area (Å²) in [5, 5.41) is 6.42. The van der Waals surface area contributed by atoms with Gasteiger partial charge in [-0.3, -0.25) is 4.79 Å². The van der Waals surface area contributed by atoms with Gasteiger partial charge in [0.15, 0.2) is 0 Å². The first-order valence-electron chi connectivity index (χ1n) is 9.03. The molecule has 4 nitrogen and oxygen atoms in total. The van der Waals surface area contributed by atoms with E-state index in [0.29, 0.717) is 25.0 Å². The van der Waals surface area contributed by atoms with E-state index in [1.54, 1.807) is 0 Å². The molecule has 0 spiro atoms. The number of piperidine rings is 1. The van der Waals surface area contributed by atoms with Crippen LogP contribution >= 0.6 is 12.4 Å². The van der Waals surface area contributed by atoms with Gasteiger partial charge < -0.3 is 15.4 Å². The van der Waals surface area contributed by atoms with Gasteiger partial charge in [-0.2, -0.15) is 0 Å². The number of carbonyl (C=O) groups excluding carboxylic acids is 1. The van der Waals surface area contributed by atoms with E-state index < -0.39 is 0 Å². The summed E-state index contributed by atoms with van der Waals surface area (Å²) in [6.45, 7) is 2.75. The van der Waals surface area contributed by atoms with Crippen LogP contribution in [0.5, 0.6) is 5.75 Å². The first kappa shape index (κ1) is 19.1. The van der Waals surface area contributed by atoms with Crippen LogP contribution in [0.4, 0.5) is 0 Å². The van der Waals surface area contributed by atoms with Crippen LogP contribution < -0.4 is 15.4 Å². The normalized spacial score (nSPS) is 18.3. The number of rotatable bonds is 7. The van der Waals surface area contributed by atoms with Gasteiger partial charge in [0.2, 0.25) is 5.91 Å². The minimum absolute atomic E-state index is 0. The van der Waals surface area contributed by atoms with Crippen molar-refractivity contribution in [2.45, 2.75) is 57.6 Å². The molecule has 2 aliphatic rings. The Hall–Kier alpha value is -1.26. The topological polar surface area (TPSA) is 50.4 Å². The molecular formula is C19H29ClN2O2. The van der Waals surface area contributed by atoms with Gasteiger partial charge in [-0.05, 0) is 63.6 Å². The molecule has 0 bridgehead atoms. The van der Waals surface area contributed by atoms with E-state index in [2.05, 4.69) is 10.6 Å². The van der Waals surface area contributed by atoms with E-state index in [1.165, 1.54) is 19.3 Å². The quantitative estimate of drug-likeness (QED) is 0.790. The van der Waals surface area contributed by atoms with Crippen molar-refractivity contribution in [1.82, 2.24) is 10.6 Å². The predicted molar refractivity (Wildman–Crippen MR) is 98.6 cm³/mol. The van der Waals surface area contributed by atoms with Gasteiger partial charge in [-0.25, -0.2) is 0 Å². The maximum absolute atomic E-state index is 12.1. The Balaban J connectivity index is 0.00000208. The van der Waals surface area contributed by atoms with Gasteiger partial charge in [0, 0.05) is 18.5 Å². The van der Waals surface area contributed by atoms with Crippen molar-refractivity contribution in [3.05, 3.63) is 29.8 Å². The van der Waals surface area contributed by atoms with Crippen molar-refractivity contribution in [2.75, 3.05) is 13.1 Å². The lowest BCUT2D eigenvalue weighted by Gasteiger charge is -2.27. The number of amides is 1. The first-order valence-corrected chi connectivity index (χ1v) is 9.03. The summed E-state index contributed by atoms with van der Waals surface area (Å²) in [4.78, 5) is 12.1. The number of nitrogens with one attached hydrogen (secondary N) is 2. The molecule has 1 amide bonds. The molecule has 0 radical (unpaired) electrons. The highest BCUT2D eigenvalue weighted by Gasteiger charge is 2.20. The number of hydrogen-bond acceptors (Lipinski definition) is 3. The average molecular weight is 353 g/mol. The largest absolute Gasteiger partial charge is 0.490 e.